The number of aromatic nitrogens is 1. The van der Waals surface area contributed by atoms with E-state index in [1.807, 2.05) is 0 Å². The molecule has 1 aromatic rings. The van der Waals surface area contributed by atoms with Crippen LogP contribution in [-0.2, 0) is 11.3 Å². The van der Waals surface area contributed by atoms with E-state index in [4.69, 9.17) is 4.74 Å². The molecule has 2 heterocycles. The van der Waals surface area contributed by atoms with Gasteiger partial charge in [-0.2, -0.15) is 0 Å². The van der Waals surface area contributed by atoms with Gasteiger partial charge in [0, 0.05) is 36.5 Å². The van der Waals surface area contributed by atoms with Gasteiger partial charge in [0.15, 0.2) is 0 Å². The zero-order valence-corrected chi connectivity index (χ0v) is 12.2. The topological polar surface area (TPSA) is 77.3 Å². The molecule has 0 saturated carbocycles. The maximum absolute atomic E-state index is 11.1. The summed E-state index contributed by atoms with van der Waals surface area (Å²) in [5, 5.41) is 14.4. The van der Waals surface area contributed by atoms with Gasteiger partial charge in [-0.1, -0.05) is 0 Å². The summed E-state index contributed by atoms with van der Waals surface area (Å²) >= 11 is 0. The number of aryl methyl sites for hydroxylation is 1. The Labute approximate surface area is 118 Å². The highest BCUT2D eigenvalue weighted by Crippen LogP contribution is 2.24. The molecule has 0 spiro atoms. The van der Waals surface area contributed by atoms with Crippen molar-refractivity contribution in [1.29, 1.82) is 0 Å². The first kappa shape index (κ1) is 14.9. The average Bonchev–Trinajstić information content (AvgIpc) is 2.91. The first-order valence-electron chi connectivity index (χ1n) is 6.95. The Morgan fingerprint density at radius 2 is 2.35 bits per heavy atom. The normalized spacial score (nSPS) is 20.1. The van der Waals surface area contributed by atoms with E-state index in [0.29, 0.717) is 17.7 Å². The number of ether oxygens (including phenoxy) is 1. The summed E-state index contributed by atoms with van der Waals surface area (Å²) in [6.45, 7) is 6.89. The van der Waals surface area contributed by atoms with Crippen LogP contribution in [0.1, 0.15) is 36.6 Å². The number of hydrogen-bond donors (Lipinski definition) is 1. The first-order valence-corrected chi connectivity index (χ1v) is 6.95. The average molecular weight is 279 g/mol. The molecule has 0 radical (unpaired) electrons. The molecule has 1 fully saturated rings. The molecule has 0 aromatic carbocycles. The van der Waals surface area contributed by atoms with Crippen molar-refractivity contribution in [3.8, 4) is 0 Å². The molecule has 1 aliphatic heterocycles. The Morgan fingerprint density at radius 1 is 1.60 bits per heavy atom. The van der Waals surface area contributed by atoms with Crippen LogP contribution in [0.2, 0.25) is 0 Å². The summed E-state index contributed by atoms with van der Waals surface area (Å²) < 4.78 is 5.62. The minimum Gasteiger partial charge on any atom is -0.377 e. The highest BCUT2D eigenvalue weighted by atomic mass is 16.6. The largest absolute Gasteiger partial charge is 0.377 e. The van der Waals surface area contributed by atoms with Crippen molar-refractivity contribution in [2.45, 2.75) is 52.3 Å². The minimum absolute atomic E-state index is 0.168. The van der Waals surface area contributed by atoms with Crippen LogP contribution in [-0.4, -0.2) is 28.7 Å². The second-order valence-electron chi connectivity index (χ2n) is 5.34. The number of hydrogen-bond acceptors (Lipinski definition) is 5. The first-order chi connectivity index (χ1) is 9.50. The summed E-state index contributed by atoms with van der Waals surface area (Å²) in [7, 11) is 0. The number of pyridine rings is 1. The van der Waals surface area contributed by atoms with E-state index in [-0.39, 0.29) is 22.8 Å². The third-order valence-corrected chi connectivity index (χ3v) is 3.87. The molecular formula is C14H21N3O3. The summed E-state index contributed by atoms with van der Waals surface area (Å²) in [6, 6.07) is 0.221. The standard InChI is InChI=1S/C14H21N3O3/c1-9-7-16-12(10(2)14(9)17(18)19)8-15-11(3)13-5-4-6-20-13/h7,11,13,15H,4-6,8H2,1-3H3. The van der Waals surface area contributed by atoms with E-state index in [0.717, 1.165) is 25.1 Å². The van der Waals surface area contributed by atoms with Crippen LogP contribution < -0.4 is 5.32 Å². The molecule has 2 rings (SSSR count). The third-order valence-electron chi connectivity index (χ3n) is 3.87. The van der Waals surface area contributed by atoms with Gasteiger partial charge >= 0.3 is 0 Å². The quantitative estimate of drug-likeness (QED) is 0.661. The van der Waals surface area contributed by atoms with Crippen molar-refractivity contribution in [1.82, 2.24) is 10.3 Å². The van der Waals surface area contributed by atoms with E-state index < -0.39 is 0 Å². The van der Waals surface area contributed by atoms with Crippen LogP contribution in [0.3, 0.4) is 0 Å². The third kappa shape index (κ3) is 3.13. The molecule has 110 valence electrons. The summed E-state index contributed by atoms with van der Waals surface area (Å²) in [4.78, 5) is 15.1. The predicted molar refractivity (Wildman–Crippen MR) is 75.6 cm³/mol. The number of nitrogens with one attached hydrogen (secondary N) is 1. The SMILES string of the molecule is Cc1cnc(CNC(C)C2CCCO2)c(C)c1[N+](=O)[O-]. The molecule has 0 amide bonds. The Hall–Kier alpha value is -1.53. The maximum Gasteiger partial charge on any atom is 0.278 e. The zero-order chi connectivity index (χ0) is 14.7. The monoisotopic (exact) mass is 279 g/mol. The molecule has 20 heavy (non-hydrogen) atoms. The molecule has 2 atom stereocenters. The Balaban J connectivity index is 2.06. The lowest BCUT2D eigenvalue weighted by atomic mass is 10.1. The molecule has 1 saturated heterocycles. The predicted octanol–water partition coefficient (Wildman–Crippen LogP) is 2.26. The van der Waals surface area contributed by atoms with E-state index in [9.17, 15) is 10.1 Å². The van der Waals surface area contributed by atoms with Gasteiger partial charge in [-0.05, 0) is 33.6 Å². The molecule has 0 bridgehead atoms. The van der Waals surface area contributed by atoms with Gasteiger partial charge in [-0.25, -0.2) is 0 Å². The zero-order valence-electron chi connectivity index (χ0n) is 12.2. The van der Waals surface area contributed by atoms with Crippen LogP contribution in [0.5, 0.6) is 0 Å². The van der Waals surface area contributed by atoms with Gasteiger partial charge in [0.25, 0.3) is 5.69 Å². The smallest absolute Gasteiger partial charge is 0.278 e. The minimum atomic E-state index is -0.334. The van der Waals surface area contributed by atoms with E-state index >= 15 is 0 Å². The second-order valence-corrected chi connectivity index (χ2v) is 5.34. The summed E-state index contributed by atoms with van der Waals surface area (Å²) in [5.74, 6) is 0. The molecule has 0 aliphatic carbocycles. The van der Waals surface area contributed by atoms with Crippen molar-refractivity contribution in [3.63, 3.8) is 0 Å². The van der Waals surface area contributed by atoms with Crippen LogP contribution in [0, 0.1) is 24.0 Å². The molecule has 1 aliphatic rings. The molecule has 6 heteroatoms. The Bertz CT molecular complexity index is 499. The highest BCUT2D eigenvalue weighted by Gasteiger charge is 2.23. The number of nitro groups is 1. The van der Waals surface area contributed by atoms with Crippen molar-refractivity contribution in [3.05, 3.63) is 33.1 Å². The lowest BCUT2D eigenvalue weighted by Crippen LogP contribution is -2.36. The van der Waals surface area contributed by atoms with Crippen LogP contribution >= 0.6 is 0 Å². The molecule has 1 N–H and O–H groups in total. The van der Waals surface area contributed by atoms with E-state index in [1.165, 1.54) is 0 Å². The Kier molecular flexibility index (Phi) is 4.67. The highest BCUT2D eigenvalue weighted by molar-refractivity contribution is 5.47. The fourth-order valence-electron chi connectivity index (χ4n) is 2.61. The van der Waals surface area contributed by atoms with Crippen molar-refractivity contribution in [2.24, 2.45) is 0 Å². The Morgan fingerprint density at radius 3 is 2.95 bits per heavy atom. The van der Waals surface area contributed by atoms with Crippen molar-refractivity contribution < 1.29 is 9.66 Å². The second kappa shape index (κ2) is 6.28. The van der Waals surface area contributed by atoms with Gasteiger partial charge in [0.1, 0.15) is 0 Å². The van der Waals surface area contributed by atoms with Gasteiger partial charge in [0.2, 0.25) is 0 Å². The van der Waals surface area contributed by atoms with Gasteiger partial charge < -0.3 is 10.1 Å². The van der Waals surface area contributed by atoms with Crippen molar-refractivity contribution in [2.75, 3.05) is 6.61 Å². The van der Waals surface area contributed by atoms with Crippen LogP contribution in [0.15, 0.2) is 6.20 Å². The van der Waals surface area contributed by atoms with Gasteiger partial charge in [-0.15, -0.1) is 0 Å². The maximum atomic E-state index is 11.1. The molecule has 1 aromatic heterocycles. The van der Waals surface area contributed by atoms with E-state index in [2.05, 4.69) is 17.2 Å². The van der Waals surface area contributed by atoms with Crippen molar-refractivity contribution >= 4 is 5.69 Å². The lowest BCUT2D eigenvalue weighted by Gasteiger charge is -2.20. The fourth-order valence-corrected chi connectivity index (χ4v) is 2.61. The van der Waals surface area contributed by atoms with Crippen LogP contribution in [0.4, 0.5) is 5.69 Å². The lowest BCUT2D eigenvalue weighted by molar-refractivity contribution is -0.386. The van der Waals surface area contributed by atoms with Gasteiger partial charge in [-0.3, -0.25) is 15.1 Å². The van der Waals surface area contributed by atoms with Gasteiger partial charge in [0.05, 0.1) is 16.7 Å². The molecule has 2 unspecified atom stereocenters. The number of rotatable bonds is 5. The summed E-state index contributed by atoms with van der Waals surface area (Å²) in [5.41, 5.74) is 2.14. The molecule has 6 nitrogen and oxygen atoms in total. The summed E-state index contributed by atoms with van der Waals surface area (Å²) in [6.07, 6.45) is 3.97. The van der Waals surface area contributed by atoms with Crippen LogP contribution in [0.25, 0.3) is 0 Å². The number of nitrogens with zero attached hydrogens (tertiary/aromatic N) is 2. The van der Waals surface area contributed by atoms with E-state index in [1.54, 1.807) is 20.0 Å². The molecular weight excluding hydrogens is 258 g/mol. The fraction of sp³-hybridized carbons (Fsp3) is 0.643.